The number of piperidine rings is 1. The van der Waals surface area contributed by atoms with Crippen LogP contribution in [0.1, 0.15) is 30.0 Å². The van der Waals surface area contributed by atoms with Gasteiger partial charge in [-0.3, -0.25) is 0 Å². The molecule has 2 aromatic rings. The third-order valence-electron chi connectivity index (χ3n) is 4.07. The lowest BCUT2D eigenvalue weighted by molar-refractivity contribution is 0.317. The molecule has 2 N–H and O–H groups in total. The largest absolute Gasteiger partial charge is 0.375 e. The van der Waals surface area contributed by atoms with Gasteiger partial charge in [-0.05, 0) is 31.9 Å². The molecule has 1 saturated heterocycles. The number of hydrogen-bond donors (Lipinski definition) is 1. The van der Waals surface area contributed by atoms with Gasteiger partial charge in [0.15, 0.2) is 5.13 Å². The first kappa shape index (κ1) is 15.5. The number of sulfonamides is 1. The third kappa shape index (κ3) is 3.02. The summed E-state index contributed by atoms with van der Waals surface area (Å²) in [5, 5.41) is 2.55. The van der Waals surface area contributed by atoms with Crippen LogP contribution in [0, 0.1) is 6.92 Å². The van der Waals surface area contributed by atoms with E-state index in [-0.39, 0.29) is 0 Å². The molecule has 3 rings (SSSR count). The fraction of sp³-hybridized carbons (Fsp3) is 0.400. The van der Waals surface area contributed by atoms with Crippen molar-refractivity contribution in [2.75, 3.05) is 18.8 Å². The van der Waals surface area contributed by atoms with Gasteiger partial charge in [0.25, 0.3) is 0 Å². The van der Waals surface area contributed by atoms with Gasteiger partial charge in [-0.25, -0.2) is 13.4 Å². The number of anilines is 1. The summed E-state index contributed by atoms with van der Waals surface area (Å²) in [6, 6.07) is 7.02. The molecule has 0 aliphatic carbocycles. The predicted molar refractivity (Wildman–Crippen MR) is 88.4 cm³/mol. The van der Waals surface area contributed by atoms with Crippen LogP contribution in [0.15, 0.2) is 34.5 Å². The van der Waals surface area contributed by atoms with E-state index in [0.29, 0.717) is 29.0 Å². The summed E-state index contributed by atoms with van der Waals surface area (Å²) in [6.45, 7) is 3.00. The Kier molecular flexibility index (Phi) is 4.20. The van der Waals surface area contributed by atoms with E-state index < -0.39 is 10.0 Å². The average Bonchev–Trinajstić information content (AvgIpc) is 2.94. The summed E-state index contributed by atoms with van der Waals surface area (Å²) >= 11 is 1.44. The minimum atomic E-state index is -3.39. The summed E-state index contributed by atoms with van der Waals surface area (Å²) in [6.07, 6.45) is 1.57. The van der Waals surface area contributed by atoms with Gasteiger partial charge in [-0.15, -0.1) is 11.3 Å². The Balaban J connectivity index is 1.71. The molecule has 0 radical (unpaired) electrons. The fourth-order valence-corrected chi connectivity index (χ4v) is 4.85. The smallest absolute Gasteiger partial charge is 0.243 e. The third-order valence-corrected chi connectivity index (χ3v) is 6.68. The second-order valence-electron chi connectivity index (χ2n) is 5.60. The van der Waals surface area contributed by atoms with Gasteiger partial charge in [-0.1, -0.05) is 17.7 Å². The van der Waals surface area contributed by atoms with Crippen LogP contribution in [0.4, 0.5) is 5.13 Å². The highest BCUT2D eigenvalue weighted by molar-refractivity contribution is 7.89. The standard InChI is InChI=1S/C15H19N3O2S2/c1-11-2-4-13(5-3-11)22(19,20)18-8-6-12(7-9-18)14-10-21-15(16)17-14/h2-5,10,12H,6-9H2,1H3,(H2,16,17). The van der Waals surface area contributed by atoms with Crippen LogP contribution in [0.25, 0.3) is 0 Å². The van der Waals surface area contributed by atoms with Crippen molar-refractivity contribution in [1.82, 2.24) is 9.29 Å². The number of thiazole rings is 1. The number of nitrogens with zero attached hydrogens (tertiary/aromatic N) is 2. The predicted octanol–water partition coefficient (Wildman–Crippen LogP) is 2.60. The van der Waals surface area contributed by atoms with Crippen LogP contribution in [0.3, 0.4) is 0 Å². The normalized spacial score (nSPS) is 17.7. The van der Waals surface area contributed by atoms with Crippen molar-refractivity contribution < 1.29 is 8.42 Å². The van der Waals surface area contributed by atoms with Crippen molar-refractivity contribution in [2.45, 2.75) is 30.6 Å². The molecule has 0 saturated carbocycles. The number of aryl methyl sites for hydroxylation is 1. The van der Waals surface area contributed by atoms with Crippen molar-refractivity contribution in [1.29, 1.82) is 0 Å². The molecule has 0 bridgehead atoms. The van der Waals surface area contributed by atoms with E-state index >= 15 is 0 Å². The van der Waals surface area contributed by atoms with E-state index in [4.69, 9.17) is 5.73 Å². The van der Waals surface area contributed by atoms with Crippen LogP contribution in [0.2, 0.25) is 0 Å². The second kappa shape index (κ2) is 5.98. The molecule has 5 nitrogen and oxygen atoms in total. The van der Waals surface area contributed by atoms with E-state index in [9.17, 15) is 8.42 Å². The molecule has 0 unspecified atom stereocenters. The lowest BCUT2D eigenvalue weighted by Gasteiger charge is -2.30. The van der Waals surface area contributed by atoms with Gasteiger partial charge in [0, 0.05) is 24.4 Å². The summed E-state index contributed by atoms with van der Waals surface area (Å²) < 4.78 is 26.8. The zero-order valence-corrected chi connectivity index (χ0v) is 14.0. The first-order valence-corrected chi connectivity index (χ1v) is 9.56. The molecule has 1 aliphatic rings. The topological polar surface area (TPSA) is 76.3 Å². The lowest BCUT2D eigenvalue weighted by Crippen LogP contribution is -2.37. The van der Waals surface area contributed by atoms with Crippen LogP contribution in [-0.4, -0.2) is 30.8 Å². The Bertz CT molecular complexity index is 745. The number of aromatic nitrogens is 1. The van der Waals surface area contributed by atoms with E-state index in [1.54, 1.807) is 16.4 Å². The van der Waals surface area contributed by atoms with Gasteiger partial charge >= 0.3 is 0 Å². The van der Waals surface area contributed by atoms with E-state index in [1.807, 2.05) is 24.4 Å². The highest BCUT2D eigenvalue weighted by Crippen LogP contribution is 2.31. The highest BCUT2D eigenvalue weighted by Gasteiger charge is 2.30. The van der Waals surface area contributed by atoms with Gasteiger partial charge in [0.1, 0.15) is 0 Å². The van der Waals surface area contributed by atoms with Crippen LogP contribution in [0.5, 0.6) is 0 Å². The van der Waals surface area contributed by atoms with E-state index in [2.05, 4.69) is 4.98 Å². The lowest BCUT2D eigenvalue weighted by atomic mass is 9.95. The molecule has 0 spiro atoms. The Morgan fingerprint density at radius 2 is 1.86 bits per heavy atom. The van der Waals surface area contributed by atoms with Crippen molar-refractivity contribution in [2.24, 2.45) is 0 Å². The average molecular weight is 337 g/mol. The number of hydrogen-bond acceptors (Lipinski definition) is 5. The molecule has 0 atom stereocenters. The number of rotatable bonds is 3. The zero-order chi connectivity index (χ0) is 15.7. The Morgan fingerprint density at radius 1 is 1.23 bits per heavy atom. The van der Waals surface area contributed by atoms with E-state index in [0.717, 1.165) is 24.1 Å². The van der Waals surface area contributed by atoms with Crippen LogP contribution < -0.4 is 5.73 Å². The summed E-state index contributed by atoms with van der Waals surface area (Å²) in [5.74, 6) is 0.304. The van der Waals surface area contributed by atoms with Gasteiger partial charge in [-0.2, -0.15) is 4.31 Å². The zero-order valence-electron chi connectivity index (χ0n) is 12.4. The molecular weight excluding hydrogens is 318 g/mol. The quantitative estimate of drug-likeness (QED) is 0.934. The molecule has 2 heterocycles. The van der Waals surface area contributed by atoms with Crippen molar-refractivity contribution >= 4 is 26.5 Å². The van der Waals surface area contributed by atoms with Crippen molar-refractivity contribution in [3.8, 4) is 0 Å². The van der Waals surface area contributed by atoms with Crippen molar-refractivity contribution in [3.05, 3.63) is 40.9 Å². The highest BCUT2D eigenvalue weighted by atomic mass is 32.2. The Labute approximate surface area is 134 Å². The molecule has 1 fully saturated rings. The maximum absolute atomic E-state index is 12.6. The SMILES string of the molecule is Cc1ccc(S(=O)(=O)N2CCC(c3csc(N)n3)CC2)cc1. The minimum absolute atomic E-state index is 0.304. The van der Waals surface area contributed by atoms with Crippen LogP contribution in [-0.2, 0) is 10.0 Å². The number of nitrogens with two attached hydrogens (primary N) is 1. The molecular formula is C15H19N3O2S2. The second-order valence-corrected chi connectivity index (χ2v) is 8.43. The Morgan fingerprint density at radius 3 is 2.41 bits per heavy atom. The van der Waals surface area contributed by atoms with Gasteiger partial charge in [0.2, 0.25) is 10.0 Å². The maximum atomic E-state index is 12.6. The molecule has 22 heavy (non-hydrogen) atoms. The van der Waals surface area contributed by atoms with E-state index in [1.165, 1.54) is 11.3 Å². The molecule has 7 heteroatoms. The molecule has 1 aliphatic heterocycles. The number of benzene rings is 1. The summed E-state index contributed by atoms with van der Waals surface area (Å²) in [5.41, 5.74) is 7.72. The molecule has 1 aromatic heterocycles. The molecule has 1 aromatic carbocycles. The first-order valence-electron chi connectivity index (χ1n) is 7.24. The molecule has 0 amide bonds. The number of nitrogen functional groups attached to an aromatic ring is 1. The van der Waals surface area contributed by atoms with Gasteiger partial charge < -0.3 is 5.73 Å². The first-order chi connectivity index (χ1) is 10.5. The summed E-state index contributed by atoms with van der Waals surface area (Å²) in [7, 11) is -3.39. The Hall–Kier alpha value is -1.44. The summed E-state index contributed by atoms with van der Waals surface area (Å²) in [4.78, 5) is 4.69. The monoisotopic (exact) mass is 337 g/mol. The van der Waals surface area contributed by atoms with Crippen LogP contribution >= 0.6 is 11.3 Å². The minimum Gasteiger partial charge on any atom is -0.375 e. The maximum Gasteiger partial charge on any atom is 0.243 e. The fourth-order valence-electron chi connectivity index (χ4n) is 2.74. The molecule has 118 valence electrons. The van der Waals surface area contributed by atoms with Gasteiger partial charge in [0.05, 0.1) is 10.6 Å². The van der Waals surface area contributed by atoms with Crippen molar-refractivity contribution in [3.63, 3.8) is 0 Å².